The Morgan fingerprint density at radius 3 is 3.00 bits per heavy atom. The Kier molecular flexibility index (Phi) is 7.30. The first-order valence-corrected chi connectivity index (χ1v) is 6.48. The van der Waals surface area contributed by atoms with Crippen LogP contribution >= 0.6 is 11.6 Å². The van der Waals surface area contributed by atoms with E-state index in [4.69, 9.17) is 22.8 Å². The summed E-state index contributed by atoms with van der Waals surface area (Å²) in [6, 6.07) is 7.28. The van der Waals surface area contributed by atoms with Gasteiger partial charge in [-0.2, -0.15) is 0 Å². The number of ether oxygens (including phenoxy) is 1. The van der Waals surface area contributed by atoms with Gasteiger partial charge >= 0.3 is 0 Å². The molecule has 0 aliphatic heterocycles. The maximum Gasteiger partial charge on any atom is 0.192 e. The summed E-state index contributed by atoms with van der Waals surface area (Å²) in [5.41, 5.74) is 0. The molecule has 0 unspecified atom stereocenters. The Labute approximate surface area is 119 Å². The molecule has 0 bridgehead atoms. The molecule has 5 heteroatoms. The summed E-state index contributed by atoms with van der Waals surface area (Å²) in [6.45, 7) is 4.24. The molecule has 4 nitrogen and oxygen atoms in total. The largest absolute Gasteiger partial charge is 0.492 e. The number of guanidine groups is 1. The summed E-state index contributed by atoms with van der Waals surface area (Å²) in [4.78, 5) is 4.33. The summed E-state index contributed by atoms with van der Waals surface area (Å²) in [6.07, 6.45) is 5.19. The van der Waals surface area contributed by atoms with Crippen LogP contribution in [0.4, 0.5) is 0 Å². The van der Waals surface area contributed by atoms with E-state index in [0.29, 0.717) is 30.7 Å². The van der Waals surface area contributed by atoms with Crippen LogP contribution < -0.4 is 15.4 Å². The normalized spacial score (nSPS) is 10.7. The SMILES string of the molecule is C#CCNC(=NCCOc1cccc(Cl)c1)NCC. The average molecular weight is 280 g/mol. The molecule has 102 valence electrons. The molecule has 0 aliphatic rings. The van der Waals surface area contributed by atoms with Gasteiger partial charge in [0.15, 0.2) is 5.96 Å². The molecule has 2 N–H and O–H groups in total. The molecule has 0 atom stereocenters. The highest BCUT2D eigenvalue weighted by atomic mass is 35.5. The van der Waals surface area contributed by atoms with Gasteiger partial charge in [-0.1, -0.05) is 23.6 Å². The minimum atomic E-state index is 0.445. The Bertz CT molecular complexity index is 454. The lowest BCUT2D eigenvalue weighted by molar-refractivity contribution is 0.328. The molecule has 0 heterocycles. The second-order valence-electron chi connectivity index (χ2n) is 3.62. The average Bonchev–Trinajstić information content (AvgIpc) is 2.41. The van der Waals surface area contributed by atoms with Crippen LogP contribution in [0.5, 0.6) is 5.75 Å². The van der Waals surface area contributed by atoms with Crippen molar-refractivity contribution in [3.63, 3.8) is 0 Å². The van der Waals surface area contributed by atoms with Crippen LogP contribution in [-0.4, -0.2) is 32.2 Å². The van der Waals surface area contributed by atoms with Gasteiger partial charge in [0.1, 0.15) is 12.4 Å². The van der Waals surface area contributed by atoms with E-state index in [1.165, 1.54) is 0 Å². The number of aliphatic imine (C=N–C) groups is 1. The number of rotatable bonds is 6. The van der Waals surface area contributed by atoms with Gasteiger partial charge in [0, 0.05) is 11.6 Å². The minimum absolute atomic E-state index is 0.445. The number of terminal acetylenes is 1. The van der Waals surface area contributed by atoms with Crippen molar-refractivity contribution >= 4 is 17.6 Å². The van der Waals surface area contributed by atoms with Gasteiger partial charge in [-0.3, -0.25) is 0 Å². The fourth-order valence-electron chi connectivity index (χ4n) is 1.35. The summed E-state index contributed by atoms with van der Waals surface area (Å²) in [5, 5.41) is 6.75. The van der Waals surface area contributed by atoms with E-state index in [1.807, 2.05) is 19.1 Å². The van der Waals surface area contributed by atoms with Crippen molar-refractivity contribution in [2.75, 3.05) is 26.2 Å². The molecule has 0 aromatic heterocycles. The zero-order valence-corrected chi connectivity index (χ0v) is 11.7. The Hall–Kier alpha value is -1.86. The quantitative estimate of drug-likeness (QED) is 0.362. The van der Waals surface area contributed by atoms with Crippen molar-refractivity contribution in [2.24, 2.45) is 4.99 Å². The minimum Gasteiger partial charge on any atom is -0.492 e. The summed E-state index contributed by atoms with van der Waals surface area (Å²) >= 11 is 5.86. The Morgan fingerprint density at radius 2 is 2.32 bits per heavy atom. The highest BCUT2D eigenvalue weighted by molar-refractivity contribution is 6.30. The summed E-state index contributed by atoms with van der Waals surface area (Å²) in [5.74, 6) is 3.93. The Morgan fingerprint density at radius 1 is 1.47 bits per heavy atom. The van der Waals surface area contributed by atoms with Gasteiger partial charge in [0.25, 0.3) is 0 Å². The molecule has 0 radical (unpaired) electrons. The third kappa shape index (κ3) is 6.58. The summed E-state index contributed by atoms with van der Waals surface area (Å²) < 4.78 is 5.53. The second kappa shape index (κ2) is 9.12. The molecule has 0 aliphatic carbocycles. The van der Waals surface area contributed by atoms with Crippen molar-refractivity contribution in [2.45, 2.75) is 6.92 Å². The van der Waals surface area contributed by atoms with Crippen LogP contribution in [0.2, 0.25) is 5.02 Å². The predicted octanol–water partition coefficient (Wildman–Crippen LogP) is 1.91. The molecule has 0 saturated carbocycles. The highest BCUT2D eigenvalue weighted by Crippen LogP contribution is 2.16. The standard InChI is InChI=1S/C14H18ClN3O/c1-3-8-17-14(16-4-2)18-9-10-19-13-7-5-6-12(15)11-13/h1,5-7,11H,4,8-10H2,2H3,(H2,16,17,18). The van der Waals surface area contributed by atoms with Crippen LogP contribution in [0, 0.1) is 12.3 Å². The molecule has 1 aromatic carbocycles. The first-order valence-electron chi connectivity index (χ1n) is 6.10. The van der Waals surface area contributed by atoms with Crippen LogP contribution in [0.15, 0.2) is 29.3 Å². The number of benzene rings is 1. The van der Waals surface area contributed by atoms with E-state index in [-0.39, 0.29) is 0 Å². The number of nitrogens with one attached hydrogen (secondary N) is 2. The van der Waals surface area contributed by atoms with Gasteiger partial charge in [-0.05, 0) is 25.1 Å². The van der Waals surface area contributed by atoms with Crippen molar-refractivity contribution in [1.29, 1.82) is 0 Å². The lowest BCUT2D eigenvalue weighted by Crippen LogP contribution is -2.37. The lowest BCUT2D eigenvalue weighted by Gasteiger charge is -2.09. The molecular weight excluding hydrogens is 262 g/mol. The van der Waals surface area contributed by atoms with Crippen molar-refractivity contribution in [3.05, 3.63) is 29.3 Å². The van der Waals surface area contributed by atoms with E-state index >= 15 is 0 Å². The van der Waals surface area contributed by atoms with Crippen LogP contribution in [0.3, 0.4) is 0 Å². The highest BCUT2D eigenvalue weighted by Gasteiger charge is 1.96. The summed E-state index contributed by atoms with van der Waals surface area (Å²) in [7, 11) is 0. The second-order valence-corrected chi connectivity index (χ2v) is 4.06. The van der Waals surface area contributed by atoms with Crippen LogP contribution in [-0.2, 0) is 0 Å². The molecule has 0 spiro atoms. The first-order chi connectivity index (χ1) is 9.26. The number of halogens is 1. The van der Waals surface area contributed by atoms with E-state index in [2.05, 4.69) is 21.5 Å². The Balaban J connectivity index is 2.36. The van der Waals surface area contributed by atoms with Crippen molar-refractivity contribution < 1.29 is 4.74 Å². The third-order valence-corrected chi connectivity index (χ3v) is 2.36. The molecule has 0 fully saturated rings. The maximum absolute atomic E-state index is 5.86. The maximum atomic E-state index is 5.86. The van der Waals surface area contributed by atoms with Crippen LogP contribution in [0.1, 0.15) is 6.92 Å². The molecule has 0 saturated heterocycles. The number of hydrogen-bond acceptors (Lipinski definition) is 2. The fraction of sp³-hybridized carbons (Fsp3) is 0.357. The zero-order valence-electron chi connectivity index (χ0n) is 10.9. The lowest BCUT2D eigenvalue weighted by atomic mass is 10.3. The third-order valence-electron chi connectivity index (χ3n) is 2.13. The van der Waals surface area contributed by atoms with Gasteiger partial charge in [0.2, 0.25) is 0 Å². The van der Waals surface area contributed by atoms with Gasteiger partial charge in [-0.15, -0.1) is 6.42 Å². The predicted molar refractivity (Wildman–Crippen MR) is 79.8 cm³/mol. The van der Waals surface area contributed by atoms with Gasteiger partial charge in [0.05, 0.1) is 13.1 Å². The van der Waals surface area contributed by atoms with E-state index in [1.54, 1.807) is 12.1 Å². The molecular formula is C14H18ClN3O. The van der Waals surface area contributed by atoms with Crippen molar-refractivity contribution in [1.82, 2.24) is 10.6 Å². The van der Waals surface area contributed by atoms with Gasteiger partial charge < -0.3 is 15.4 Å². The van der Waals surface area contributed by atoms with E-state index in [0.717, 1.165) is 12.3 Å². The molecule has 19 heavy (non-hydrogen) atoms. The molecule has 0 amide bonds. The topological polar surface area (TPSA) is 45.7 Å². The number of hydrogen-bond donors (Lipinski definition) is 2. The monoisotopic (exact) mass is 279 g/mol. The molecule has 1 aromatic rings. The number of nitrogens with zero attached hydrogens (tertiary/aromatic N) is 1. The van der Waals surface area contributed by atoms with E-state index < -0.39 is 0 Å². The fourth-order valence-corrected chi connectivity index (χ4v) is 1.53. The molecule has 1 rings (SSSR count). The van der Waals surface area contributed by atoms with Crippen LogP contribution in [0.25, 0.3) is 0 Å². The smallest absolute Gasteiger partial charge is 0.192 e. The van der Waals surface area contributed by atoms with E-state index in [9.17, 15) is 0 Å². The first kappa shape index (κ1) is 15.2. The van der Waals surface area contributed by atoms with Crippen molar-refractivity contribution in [3.8, 4) is 18.1 Å². The van der Waals surface area contributed by atoms with Gasteiger partial charge in [-0.25, -0.2) is 4.99 Å². The zero-order chi connectivity index (χ0) is 13.9.